The number of anilines is 3. The van der Waals surface area contributed by atoms with E-state index in [1.165, 1.54) is 42.1 Å². The van der Waals surface area contributed by atoms with E-state index >= 15 is 0 Å². The molecule has 3 saturated carbocycles. The number of H-pyrrole nitrogens is 2. The van der Waals surface area contributed by atoms with Crippen LogP contribution in [0.15, 0.2) is 60.9 Å². The van der Waals surface area contributed by atoms with Crippen molar-refractivity contribution < 1.29 is 105 Å². The summed E-state index contributed by atoms with van der Waals surface area (Å²) in [6.45, 7) is 11.6. The first-order valence-corrected chi connectivity index (χ1v) is 39.5. The molecule has 3 aromatic carbocycles. The van der Waals surface area contributed by atoms with Gasteiger partial charge in [0.25, 0.3) is 11.8 Å². The fourth-order valence-electron chi connectivity index (χ4n) is 14.9. The first kappa shape index (κ1) is 84.7. The van der Waals surface area contributed by atoms with Gasteiger partial charge in [0.1, 0.15) is 6.61 Å². The van der Waals surface area contributed by atoms with E-state index in [2.05, 4.69) is 25.9 Å². The number of aromatic amines is 2. The Kier molecular flexibility index (Phi) is 29.2. The molecule has 0 spiro atoms. The van der Waals surface area contributed by atoms with Crippen LogP contribution in [-0.2, 0) is 77.9 Å². The van der Waals surface area contributed by atoms with Crippen LogP contribution in [0.3, 0.4) is 0 Å². The van der Waals surface area contributed by atoms with E-state index in [0.29, 0.717) is 98.3 Å². The number of alkyl halides is 2. The van der Waals surface area contributed by atoms with E-state index in [9.17, 15) is 62.3 Å². The van der Waals surface area contributed by atoms with Gasteiger partial charge in [0.15, 0.2) is 17.3 Å². The monoisotopic (exact) mass is 1610 g/mol. The third kappa shape index (κ3) is 20.8. The number of Topliss-reactive ketones (excluding diaryl/α,β-unsaturated/α-hetero) is 1. The van der Waals surface area contributed by atoms with Crippen LogP contribution in [0.25, 0.3) is 21.8 Å². The highest BCUT2D eigenvalue weighted by Gasteiger charge is 2.76. The number of hydrogen-bond acceptors (Lipinski definition) is 20. The van der Waals surface area contributed by atoms with Crippen molar-refractivity contribution >= 4 is 129 Å². The van der Waals surface area contributed by atoms with Crippen molar-refractivity contribution in [1.82, 2.24) is 35.3 Å². The van der Waals surface area contributed by atoms with Crippen LogP contribution >= 0.6 is 31.0 Å². The fourth-order valence-corrected chi connectivity index (χ4v) is 15.8. The SMILES string of the molecule is Cc1c[nH]c2c(OC(=O)N(C)CCN(C)C(=O)OCc3ccc(NC(=O)[C@H](CCCNC(N)=O)CC(=O)[C@@H](NC(=O)CCOCCOCCOCCOCCOCCOCCN4C(=O)C=CC4=O)C(C)C)cc3)cc3c(c12)[C@H](CCl)CN3C(=O)C12CC(C(=O)N3C[C@@H](CCl)c4c3cc(OP(=O)(O)O)c3[nH]cc(C)c43)(C1)C2. The maximum Gasteiger partial charge on any atom is 0.524 e. The molecule has 11 rings (SSSR count). The molecule has 36 heteroatoms. The number of hydrogen-bond donors (Lipinski definition) is 8. The van der Waals surface area contributed by atoms with E-state index in [0.717, 1.165) is 32.5 Å². The first-order chi connectivity index (χ1) is 53.1. The zero-order valence-corrected chi connectivity index (χ0v) is 65.4. The van der Waals surface area contributed by atoms with Crippen LogP contribution in [0, 0.1) is 36.5 Å². The Balaban J connectivity index is 0.631. The number of rotatable bonds is 44. The molecule has 111 heavy (non-hydrogen) atoms. The molecule has 2 bridgehead atoms. The quantitative estimate of drug-likeness (QED) is 0.00829. The number of carbonyl (C=O) groups is 10. The number of halogens is 2. The molecule has 3 aliphatic heterocycles. The Morgan fingerprint density at radius 3 is 1.65 bits per heavy atom. The second-order valence-corrected chi connectivity index (χ2v) is 30.7. The third-order valence-corrected chi connectivity index (χ3v) is 21.7. The average Bonchev–Trinajstić information content (AvgIpc) is 1.58. The molecule has 0 unspecified atom stereocenters. The van der Waals surface area contributed by atoms with E-state index in [-0.39, 0.29) is 181 Å². The van der Waals surface area contributed by atoms with Crippen molar-refractivity contribution in [2.45, 2.75) is 97.1 Å². The summed E-state index contributed by atoms with van der Waals surface area (Å²) in [6, 6.07) is 8.02. The summed E-state index contributed by atoms with van der Waals surface area (Å²) in [5.74, 6) is -3.67. The summed E-state index contributed by atoms with van der Waals surface area (Å²) in [6.07, 6.45) is 5.59. The summed E-state index contributed by atoms with van der Waals surface area (Å²) in [4.78, 5) is 165. The second-order valence-electron chi connectivity index (χ2n) is 28.9. The van der Waals surface area contributed by atoms with E-state index in [1.54, 1.807) is 66.4 Å². The van der Waals surface area contributed by atoms with Crippen molar-refractivity contribution in [3.05, 3.63) is 88.8 Å². The lowest BCUT2D eigenvalue weighted by molar-refractivity contribution is -0.205. The Labute approximate surface area is 651 Å². The molecule has 3 aliphatic carbocycles. The van der Waals surface area contributed by atoms with Crippen LogP contribution < -0.4 is 40.7 Å². The van der Waals surface area contributed by atoms with Crippen molar-refractivity contribution in [2.75, 3.05) is 160 Å². The van der Waals surface area contributed by atoms with Crippen LogP contribution in [0.5, 0.6) is 11.5 Å². The van der Waals surface area contributed by atoms with E-state index in [1.807, 2.05) is 13.8 Å². The maximum absolute atomic E-state index is 15.0. The minimum absolute atomic E-state index is 0.0252. The number of primary amides is 1. The number of nitrogens with one attached hydrogen (secondary N) is 5. The molecule has 2 aromatic heterocycles. The summed E-state index contributed by atoms with van der Waals surface area (Å²) in [5, 5.41) is 9.59. The average molecular weight is 1610 g/mol. The molecule has 0 saturated heterocycles. The number of aromatic nitrogens is 2. The number of imide groups is 1. The molecular weight excluding hydrogens is 1510 g/mol. The van der Waals surface area contributed by atoms with Crippen LogP contribution in [-0.4, -0.2) is 244 Å². The van der Waals surface area contributed by atoms with E-state index in [4.69, 9.17) is 71.4 Å². The highest BCUT2D eigenvalue weighted by Crippen LogP contribution is 2.75. The van der Waals surface area contributed by atoms with Gasteiger partial charge in [0.2, 0.25) is 23.6 Å². The predicted octanol–water partition coefficient (Wildman–Crippen LogP) is 7.16. The highest BCUT2D eigenvalue weighted by molar-refractivity contribution is 7.46. The number of benzene rings is 3. The smallest absolute Gasteiger partial charge is 0.445 e. The standard InChI is InChI=1S/C75H98Cl2N11O22P/c1-45(2)65(83-58(90)15-20-102-22-24-104-26-28-106-30-31-107-29-27-105-25-23-103-21-19-86-59(91)13-14-60(86)92)55(89)32-49(8-7-16-79-71(78)96)68(93)82-52-11-9-48(10-12-52)41-108-72(97)84(5)17-18-85(6)73(98)109-56-33-53-63(61-46(3)37-80-66(56)61)50(35-76)39-87(53)69(94)74-42-75(43-74,44-74)70(95)88-40-51(36-77)64-54(88)34-57(110-111(99,100)101)67-62(64)47(4)38-81-67/h9-14,33-34,37-38,45,49-51,65,80-81H,7-8,15-32,35-36,39-44H2,1-6H3,(H,82,93)(H,83,90)(H3,78,79,96)(H2,99,100,101)/t49-,50-,51-,65+,74?,75?/m1/s1. The molecule has 6 aliphatic rings. The number of phosphoric ester groups is 1. The van der Waals surface area contributed by atoms with Crippen LogP contribution in [0.2, 0.25) is 0 Å². The maximum atomic E-state index is 15.0. The fraction of sp³-hybridized carbons (Fsp3) is 0.547. The predicted molar refractivity (Wildman–Crippen MR) is 408 cm³/mol. The number of likely N-dealkylation sites (N-methyl/N-ethyl adjacent to an activating group) is 2. The number of nitrogens with two attached hydrogens (primary N) is 1. The number of amides is 10. The van der Waals surface area contributed by atoms with Gasteiger partial charge in [-0.2, -0.15) is 0 Å². The summed E-state index contributed by atoms with van der Waals surface area (Å²) < 4.78 is 61.9. The lowest BCUT2D eigenvalue weighted by Gasteiger charge is -2.69. The van der Waals surface area contributed by atoms with E-state index < -0.39 is 60.6 Å². The number of fused-ring (bicyclic) bond motifs is 6. The van der Waals surface area contributed by atoms with Gasteiger partial charge >= 0.3 is 26.0 Å². The zero-order chi connectivity index (χ0) is 79.9. The number of carbonyl (C=O) groups excluding carboxylic acids is 10. The van der Waals surface area contributed by atoms with Gasteiger partial charge in [-0.05, 0) is 91.8 Å². The van der Waals surface area contributed by atoms with Gasteiger partial charge in [-0.3, -0.25) is 48.2 Å². The molecule has 3 fully saturated rings. The number of aryl methyl sites for hydroxylation is 2. The second kappa shape index (κ2) is 38.2. The molecule has 5 heterocycles. The summed E-state index contributed by atoms with van der Waals surface area (Å²) in [5.41, 5.74) is 9.65. The number of phosphoric acid groups is 1. The van der Waals surface area contributed by atoms with Crippen molar-refractivity contribution in [2.24, 2.45) is 28.4 Å². The number of ketones is 1. The molecule has 0 radical (unpaired) electrons. The molecule has 604 valence electrons. The largest absolute Gasteiger partial charge is 0.524 e. The minimum atomic E-state index is -5.00. The van der Waals surface area contributed by atoms with Gasteiger partial charge in [-0.1, -0.05) is 26.0 Å². The zero-order valence-electron chi connectivity index (χ0n) is 63.0. The normalized spacial score (nSPS) is 18.7. The Morgan fingerprint density at radius 2 is 1.16 bits per heavy atom. The topological polar surface area (TPSA) is 421 Å². The van der Waals surface area contributed by atoms with Gasteiger partial charge in [0.05, 0.1) is 125 Å². The number of nitrogens with zero attached hydrogens (tertiary/aromatic N) is 5. The van der Waals surface area contributed by atoms with Gasteiger partial charge in [-0.25, -0.2) is 18.9 Å². The van der Waals surface area contributed by atoms with Crippen molar-refractivity contribution in [1.29, 1.82) is 0 Å². The molecule has 9 N–H and O–H groups in total. The Morgan fingerprint density at radius 1 is 0.685 bits per heavy atom. The summed E-state index contributed by atoms with van der Waals surface area (Å²) in [7, 11) is -1.97. The van der Waals surface area contributed by atoms with Crippen molar-refractivity contribution in [3.63, 3.8) is 0 Å². The number of ether oxygens (including phenoxy) is 8. The lowest BCUT2D eigenvalue weighted by atomic mass is 9.34. The van der Waals surface area contributed by atoms with Crippen LogP contribution in [0.1, 0.15) is 98.4 Å². The third-order valence-electron chi connectivity index (χ3n) is 20.5. The molecule has 4 atom stereocenters. The Hall–Kier alpha value is -8.73. The first-order valence-electron chi connectivity index (χ1n) is 36.9. The van der Waals surface area contributed by atoms with Crippen LogP contribution in [0.4, 0.5) is 31.4 Å². The van der Waals surface area contributed by atoms with Gasteiger partial charge in [0, 0.05) is 142 Å². The number of urea groups is 1. The molecular formula is C75H98Cl2N11O22P. The summed E-state index contributed by atoms with van der Waals surface area (Å²) >= 11 is 13.2. The molecule has 33 nitrogen and oxygen atoms in total. The Bertz CT molecular complexity index is 4280. The molecule has 5 aromatic rings. The lowest BCUT2D eigenvalue weighted by Crippen LogP contribution is -2.73. The van der Waals surface area contributed by atoms with Gasteiger partial charge < -0.3 is 93.7 Å². The minimum Gasteiger partial charge on any atom is -0.445 e. The highest BCUT2D eigenvalue weighted by atomic mass is 35.5. The van der Waals surface area contributed by atoms with Crippen molar-refractivity contribution in [3.8, 4) is 11.5 Å². The van der Waals surface area contributed by atoms with Gasteiger partial charge in [-0.15, -0.1) is 23.2 Å². The molecule has 10 amide bonds.